The fraction of sp³-hybridized carbons (Fsp3) is 0.727. The van der Waals surface area contributed by atoms with Crippen LogP contribution in [0.15, 0.2) is 0 Å². The second kappa shape index (κ2) is 5.88. The summed E-state index contributed by atoms with van der Waals surface area (Å²) >= 11 is 0. The van der Waals surface area contributed by atoms with Crippen molar-refractivity contribution >= 4 is 5.95 Å². The molecule has 1 atom stereocenters. The Morgan fingerprint density at radius 1 is 1.18 bits per heavy atom. The molecule has 0 fully saturated rings. The average Bonchev–Trinajstić information content (AvgIpc) is 2.36. The zero-order valence-corrected chi connectivity index (χ0v) is 10.6. The number of rotatable bonds is 6. The number of hydrogen-bond donors (Lipinski definition) is 3. The summed E-state index contributed by atoms with van der Waals surface area (Å²) in [5.41, 5.74) is 0.625. The highest BCUT2D eigenvalue weighted by Crippen LogP contribution is 2.08. The van der Waals surface area contributed by atoms with Gasteiger partial charge in [-0.2, -0.15) is 5.10 Å². The van der Waals surface area contributed by atoms with E-state index in [1.54, 1.807) is 0 Å². The zero-order valence-electron chi connectivity index (χ0n) is 10.6. The zero-order chi connectivity index (χ0) is 12.9. The molecule has 1 aromatic heterocycles. The Hall–Kier alpha value is -1.27. The normalized spacial score (nSPS) is 14.4. The summed E-state index contributed by atoms with van der Waals surface area (Å²) in [6.07, 6.45) is 1.60. The van der Waals surface area contributed by atoms with Gasteiger partial charge in [0, 0.05) is 6.54 Å². The van der Waals surface area contributed by atoms with Gasteiger partial charge in [-0.15, -0.1) is 5.10 Å². The van der Waals surface area contributed by atoms with Crippen LogP contribution in [-0.4, -0.2) is 44.1 Å². The monoisotopic (exact) mass is 240 g/mol. The number of hydrogen-bond acceptors (Lipinski definition) is 6. The van der Waals surface area contributed by atoms with Crippen molar-refractivity contribution in [2.45, 2.75) is 39.2 Å². The predicted molar refractivity (Wildman–Crippen MR) is 64.8 cm³/mol. The van der Waals surface area contributed by atoms with Gasteiger partial charge in [0.1, 0.15) is 5.60 Å². The van der Waals surface area contributed by atoms with Crippen LogP contribution in [-0.2, 0) is 12.8 Å². The van der Waals surface area contributed by atoms with Gasteiger partial charge in [-0.05, 0) is 19.8 Å². The van der Waals surface area contributed by atoms with Gasteiger partial charge in [-0.25, -0.2) is 4.98 Å². The maximum Gasteiger partial charge on any atom is 0.243 e. The molecular weight excluding hydrogens is 220 g/mol. The van der Waals surface area contributed by atoms with E-state index in [1.807, 2.05) is 13.8 Å². The third-order valence-corrected chi connectivity index (χ3v) is 2.48. The minimum Gasteiger partial charge on any atom is -0.393 e. The first-order valence-corrected chi connectivity index (χ1v) is 5.82. The summed E-state index contributed by atoms with van der Waals surface area (Å²) in [5, 5.41) is 29.4. The van der Waals surface area contributed by atoms with Gasteiger partial charge in [0.25, 0.3) is 0 Å². The van der Waals surface area contributed by atoms with E-state index >= 15 is 0 Å². The third kappa shape index (κ3) is 3.90. The van der Waals surface area contributed by atoms with Crippen LogP contribution in [0, 0.1) is 0 Å². The van der Waals surface area contributed by atoms with Crippen molar-refractivity contribution in [1.29, 1.82) is 0 Å². The van der Waals surface area contributed by atoms with Crippen LogP contribution >= 0.6 is 0 Å². The molecular formula is C11H20N4O2. The Kier molecular flexibility index (Phi) is 4.77. The molecule has 1 aromatic rings. The van der Waals surface area contributed by atoms with Gasteiger partial charge in [0.2, 0.25) is 5.95 Å². The number of aromatic nitrogens is 3. The lowest BCUT2D eigenvalue weighted by Crippen LogP contribution is -2.37. The van der Waals surface area contributed by atoms with Crippen LogP contribution in [0.1, 0.15) is 32.2 Å². The molecule has 0 aliphatic carbocycles. The molecule has 0 saturated heterocycles. The van der Waals surface area contributed by atoms with Crippen molar-refractivity contribution in [3.63, 3.8) is 0 Å². The average molecular weight is 240 g/mol. The molecule has 1 rings (SSSR count). The number of aliphatic hydroxyl groups excluding tert-OH is 1. The third-order valence-electron chi connectivity index (χ3n) is 2.48. The number of aliphatic hydroxyl groups is 2. The smallest absolute Gasteiger partial charge is 0.243 e. The molecule has 0 radical (unpaired) electrons. The number of nitrogens with zero attached hydrogens (tertiary/aromatic N) is 3. The molecule has 0 spiro atoms. The summed E-state index contributed by atoms with van der Waals surface area (Å²) in [7, 11) is 0. The maximum atomic E-state index is 9.62. The van der Waals surface area contributed by atoms with E-state index < -0.39 is 5.60 Å². The first kappa shape index (κ1) is 13.8. The molecule has 0 amide bonds. The molecule has 3 N–H and O–H groups in total. The molecule has 1 heterocycles. The van der Waals surface area contributed by atoms with Gasteiger partial charge >= 0.3 is 0 Å². The lowest BCUT2D eigenvalue weighted by molar-refractivity contribution is 0.0131. The van der Waals surface area contributed by atoms with Crippen LogP contribution < -0.4 is 5.32 Å². The Bertz CT molecular complexity index is 368. The van der Waals surface area contributed by atoms with E-state index in [-0.39, 0.29) is 13.2 Å². The Labute approximate surface area is 101 Å². The van der Waals surface area contributed by atoms with Gasteiger partial charge in [-0.1, -0.05) is 13.8 Å². The standard InChI is InChI=1S/C11H20N4O2/c1-4-8-9(5-2)14-15-10(13-8)12-6-11(3,17)7-16/h16-17H,4-7H2,1-3H3,(H,12,13,15). The van der Waals surface area contributed by atoms with E-state index in [0.29, 0.717) is 5.95 Å². The number of anilines is 1. The van der Waals surface area contributed by atoms with E-state index in [9.17, 15) is 5.11 Å². The van der Waals surface area contributed by atoms with Crippen molar-refractivity contribution in [2.24, 2.45) is 0 Å². The van der Waals surface area contributed by atoms with Crippen molar-refractivity contribution in [3.8, 4) is 0 Å². The minimum absolute atomic E-state index is 0.180. The molecule has 1 unspecified atom stereocenters. The molecule has 0 aliphatic heterocycles. The second-order valence-electron chi connectivity index (χ2n) is 4.24. The summed E-state index contributed by atoms with van der Waals surface area (Å²) in [4.78, 5) is 4.32. The van der Waals surface area contributed by atoms with Crippen LogP contribution in [0.3, 0.4) is 0 Å². The quantitative estimate of drug-likeness (QED) is 0.655. The van der Waals surface area contributed by atoms with E-state index in [1.165, 1.54) is 6.92 Å². The maximum absolute atomic E-state index is 9.62. The highest BCUT2D eigenvalue weighted by Gasteiger charge is 2.19. The van der Waals surface area contributed by atoms with Gasteiger partial charge in [-0.3, -0.25) is 0 Å². The van der Waals surface area contributed by atoms with Gasteiger partial charge < -0.3 is 15.5 Å². The molecule has 17 heavy (non-hydrogen) atoms. The first-order valence-electron chi connectivity index (χ1n) is 5.82. The van der Waals surface area contributed by atoms with Crippen LogP contribution in [0.4, 0.5) is 5.95 Å². The van der Waals surface area contributed by atoms with Gasteiger partial charge in [0.15, 0.2) is 0 Å². The summed E-state index contributed by atoms with van der Waals surface area (Å²) in [5.74, 6) is 0.382. The summed E-state index contributed by atoms with van der Waals surface area (Å²) in [6, 6.07) is 0. The predicted octanol–water partition coefficient (Wildman–Crippen LogP) is 0.152. The summed E-state index contributed by atoms with van der Waals surface area (Å²) in [6.45, 7) is 5.42. The highest BCUT2D eigenvalue weighted by molar-refractivity contribution is 5.26. The molecule has 0 bridgehead atoms. The largest absolute Gasteiger partial charge is 0.393 e. The SMILES string of the molecule is CCc1nnc(NCC(C)(O)CO)nc1CC. The van der Waals surface area contributed by atoms with E-state index in [4.69, 9.17) is 5.11 Å². The molecule has 6 heteroatoms. The Morgan fingerprint density at radius 2 is 1.82 bits per heavy atom. The highest BCUT2D eigenvalue weighted by atomic mass is 16.3. The van der Waals surface area contributed by atoms with Crippen molar-refractivity contribution in [3.05, 3.63) is 11.4 Å². The topological polar surface area (TPSA) is 91.2 Å². The van der Waals surface area contributed by atoms with E-state index in [2.05, 4.69) is 20.5 Å². The Morgan fingerprint density at radius 3 is 2.35 bits per heavy atom. The van der Waals surface area contributed by atoms with Crippen molar-refractivity contribution in [2.75, 3.05) is 18.5 Å². The van der Waals surface area contributed by atoms with E-state index in [0.717, 1.165) is 24.2 Å². The Balaban J connectivity index is 2.73. The van der Waals surface area contributed by atoms with Crippen LogP contribution in [0.25, 0.3) is 0 Å². The van der Waals surface area contributed by atoms with Gasteiger partial charge in [0.05, 0.1) is 18.0 Å². The van der Waals surface area contributed by atoms with Crippen molar-refractivity contribution in [1.82, 2.24) is 15.2 Å². The van der Waals surface area contributed by atoms with Crippen LogP contribution in [0.2, 0.25) is 0 Å². The molecule has 6 nitrogen and oxygen atoms in total. The first-order chi connectivity index (χ1) is 8.02. The minimum atomic E-state index is -1.18. The summed E-state index contributed by atoms with van der Waals surface area (Å²) < 4.78 is 0. The molecule has 0 aromatic carbocycles. The lowest BCUT2D eigenvalue weighted by Gasteiger charge is -2.20. The second-order valence-corrected chi connectivity index (χ2v) is 4.24. The fourth-order valence-electron chi connectivity index (χ4n) is 1.34. The number of aryl methyl sites for hydroxylation is 2. The lowest BCUT2D eigenvalue weighted by atomic mass is 10.1. The fourth-order valence-corrected chi connectivity index (χ4v) is 1.34. The number of nitrogens with one attached hydrogen (secondary N) is 1. The molecule has 96 valence electrons. The van der Waals surface area contributed by atoms with Crippen LogP contribution in [0.5, 0.6) is 0 Å². The molecule has 0 saturated carbocycles. The molecule has 0 aliphatic rings. The van der Waals surface area contributed by atoms with Crippen molar-refractivity contribution < 1.29 is 10.2 Å².